The molecule has 2 heterocycles. The summed E-state index contributed by atoms with van der Waals surface area (Å²) in [5.41, 5.74) is 0.181. The standard InChI is InChI=1S/C13H25NO2/c1-14-7-2-3-12-4-8-16-13(11-12)5-9-15-10-6-13/h12,14H,2-11H2,1H3. The molecule has 3 nitrogen and oxygen atoms in total. The van der Waals surface area contributed by atoms with Gasteiger partial charge in [0.25, 0.3) is 0 Å². The average molecular weight is 227 g/mol. The van der Waals surface area contributed by atoms with Gasteiger partial charge in [-0.3, -0.25) is 0 Å². The van der Waals surface area contributed by atoms with Crippen LogP contribution in [0.4, 0.5) is 0 Å². The smallest absolute Gasteiger partial charge is 0.0729 e. The summed E-state index contributed by atoms with van der Waals surface area (Å²) in [6.07, 6.45) is 7.39. The van der Waals surface area contributed by atoms with Crippen molar-refractivity contribution in [2.75, 3.05) is 33.4 Å². The van der Waals surface area contributed by atoms with E-state index in [0.717, 1.165) is 45.1 Å². The average Bonchev–Trinajstić information content (AvgIpc) is 2.31. The lowest BCUT2D eigenvalue weighted by Gasteiger charge is -2.43. The molecule has 0 aliphatic carbocycles. The molecule has 0 aromatic carbocycles. The second-order valence-corrected chi connectivity index (χ2v) is 5.25. The van der Waals surface area contributed by atoms with Crippen molar-refractivity contribution in [2.24, 2.45) is 5.92 Å². The Labute approximate surface area is 98.9 Å². The molecule has 1 spiro atoms. The molecule has 0 aromatic heterocycles. The number of nitrogens with one attached hydrogen (secondary N) is 1. The van der Waals surface area contributed by atoms with Gasteiger partial charge < -0.3 is 14.8 Å². The summed E-state index contributed by atoms with van der Waals surface area (Å²) in [7, 11) is 2.03. The van der Waals surface area contributed by atoms with Gasteiger partial charge in [0.2, 0.25) is 0 Å². The van der Waals surface area contributed by atoms with Crippen molar-refractivity contribution in [3.63, 3.8) is 0 Å². The Hall–Kier alpha value is -0.120. The summed E-state index contributed by atoms with van der Waals surface area (Å²) in [6, 6.07) is 0. The third-order valence-corrected chi connectivity index (χ3v) is 4.04. The van der Waals surface area contributed by atoms with Gasteiger partial charge in [0.15, 0.2) is 0 Å². The molecular formula is C13H25NO2. The van der Waals surface area contributed by atoms with Crippen LogP contribution in [0.25, 0.3) is 0 Å². The van der Waals surface area contributed by atoms with E-state index in [1.807, 2.05) is 7.05 Å². The highest BCUT2D eigenvalue weighted by molar-refractivity contribution is 4.88. The van der Waals surface area contributed by atoms with E-state index in [4.69, 9.17) is 9.47 Å². The van der Waals surface area contributed by atoms with Crippen LogP contribution in [0.1, 0.15) is 38.5 Å². The first-order chi connectivity index (χ1) is 7.85. The molecule has 3 heteroatoms. The molecule has 1 unspecified atom stereocenters. The largest absolute Gasteiger partial charge is 0.381 e. The SMILES string of the molecule is CNCCCC1CCOC2(CCOCC2)C1. The fraction of sp³-hybridized carbons (Fsp3) is 1.00. The Morgan fingerprint density at radius 1 is 1.25 bits per heavy atom. The first-order valence-corrected chi connectivity index (χ1v) is 6.71. The number of rotatable bonds is 4. The molecule has 2 aliphatic rings. The Morgan fingerprint density at radius 2 is 2.06 bits per heavy atom. The molecule has 0 saturated carbocycles. The number of hydrogen-bond donors (Lipinski definition) is 1. The van der Waals surface area contributed by atoms with Gasteiger partial charge in [0.05, 0.1) is 5.60 Å². The Kier molecular flexibility index (Phi) is 4.62. The van der Waals surface area contributed by atoms with Crippen LogP contribution in [0.2, 0.25) is 0 Å². The lowest BCUT2D eigenvalue weighted by Crippen LogP contribution is -2.44. The van der Waals surface area contributed by atoms with Crippen molar-refractivity contribution in [1.82, 2.24) is 5.32 Å². The summed E-state index contributed by atoms with van der Waals surface area (Å²) in [6.45, 7) is 3.89. The minimum Gasteiger partial charge on any atom is -0.381 e. The maximum Gasteiger partial charge on any atom is 0.0729 e. The van der Waals surface area contributed by atoms with Crippen LogP contribution < -0.4 is 5.32 Å². The fourth-order valence-electron chi connectivity index (χ4n) is 3.03. The van der Waals surface area contributed by atoms with E-state index in [1.165, 1.54) is 25.7 Å². The first-order valence-electron chi connectivity index (χ1n) is 6.71. The maximum atomic E-state index is 6.05. The molecular weight excluding hydrogens is 202 g/mol. The van der Waals surface area contributed by atoms with Gasteiger partial charge >= 0.3 is 0 Å². The van der Waals surface area contributed by atoms with Crippen LogP contribution in [0, 0.1) is 5.92 Å². The quantitative estimate of drug-likeness (QED) is 0.745. The van der Waals surface area contributed by atoms with Crippen LogP contribution in [0.3, 0.4) is 0 Å². The molecule has 2 fully saturated rings. The normalized spacial score (nSPS) is 29.4. The van der Waals surface area contributed by atoms with Gasteiger partial charge in [-0.25, -0.2) is 0 Å². The Morgan fingerprint density at radius 3 is 2.81 bits per heavy atom. The van der Waals surface area contributed by atoms with E-state index in [0.29, 0.717) is 0 Å². The molecule has 2 aliphatic heterocycles. The van der Waals surface area contributed by atoms with Crippen molar-refractivity contribution < 1.29 is 9.47 Å². The van der Waals surface area contributed by atoms with E-state index in [2.05, 4.69) is 5.32 Å². The molecule has 2 saturated heterocycles. The van der Waals surface area contributed by atoms with E-state index < -0.39 is 0 Å². The van der Waals surface area contributed by atoms with Gasteiger partial charge in [0.1, 0.15) is 0 Å². The van der Waals surface area contributed by atoms with Crippen LogP contribution >= 0.6 is 0 Å². The third kappa shape index (κ3) is 3.19. The van der Waals surface area contributed by atoms with Crippen LogP contribution in [0.15, 0.2) is 0 Å². The van der Waals surface area contributed by atoms with Crippen LogP contribution in [-0.4, -0.2) is 39.0 Å². The van der Waals surface area contributed by atoms with Crippen molar-refractivity contribution in [3.05, 3.63) is 0 Å². The minimum atomic E-state index is 0.181. The van der Waals surface area contributed by atoms with Gasteiger partial charge in [0, 0.05) is 19.8 Å². The number of ether oxygens (including phenoxy) is 2. The minimum absolute atomic E-state index is 0.181. The Bertz CT molecular complexity index is 197. The van der Waals surface area contributed by atoms with Crippen molar-refractivity contribution in [1.29, 1.82) is 0 Å². The molecule has 0 radical (unpaired) electrons. The zero-order chi connectivity index (χ0) is 11.3. The van der Waals surface area contributed by atoms with Gasteiger partial charge in [-0.1, -0.05) is 0 Å². The molecule has 2 rings (SSSR count). The maximum absolute atomic E-state index is 6.05. The van der Waals surface area contributed by atoms with Crippen molar-refractivity contribution >= 4 is 0 Å². The van der Waals surface area contributed by atoms with Crippen molar-refractivity contribution in [2.45, 2.75) is 44.1 Å². The molecule has 94 valence electrons. The molecule has 1 N–H and O–H groups in total. The predicted molar refractivity (Wildman–Crippen MR) is 64.6 cm³/mol. The molecule has 0 amide bonds. The summed E-state index contributed by atoms with van der Waals surface area (Å²) < 4.78 is 11.5. The van der Waals surface area contributed by atoms with E-state index in [1.54, 1.807) is 0 Å². The number of hydrogen-bond acceptors (Lipinski definition) is 3. The van der Waals surface area contributed by atoms with E-state index >= 15 is 0 Å². The van der Waals surface area contributed by atoms with Crippen molar-refractivity contribution in [3.8, 4) is 0 Å². The van der Waals surface area contributed by atoms with Crippen LogP contribution in [0.5, 0.6) is 0 Å². The topological polar surface area (TPSA) is 30.5 Å². The fourth-order valence-corrected chi connectivity index (χ4v) is 3.03. The summed E-state index contributed by atoms with van der Waals surface area (Å²) >= 11 is 0. The second kappa shape index (κ2) is 5.99. The van der Waals surface area contributed by atoms with Gasteiger partial charge in [-0.15, -0.1) is 0 Å². The molecule has 16 heavy (non-hydrogen) atoms. The summed E-state index contributed by atoms with van der Waals surface area (Å²) in [5, 5.41) is 3.23. The first kappa shape index (κ1) is 12.3. The highest BCUT2D eigenvalue weighted by Crippen LogP contribution is 2.38. The monoisotopic (exact) mass is 227 g/mol. The van der Waals surface area contributed by atoms with Gasteiger partial charge in [-0.2, -0.15) is 0 Å². The van der Waals surface area contributed by atoms with E-state index in [-0.39, 0.29) is 5.60 Å². The van der Waals surface area contributed by atoms with Gasteiger partial charge in [-0.05, 0) is 58.0 Å². The zero-order valence-corrected chi connectivity index (χ0v) is 10.5. The van der Waals surface area contributed by atoms with E-state index in [9.17, 15) is 0 Å². The lowest BCUT2D eigenvalue weighted by atomic mass is 9.79. The highest BCUT2D eigenvalue weighted by Gasteiger charge is 2.38. The second-order valence-electron chi connectivity index (χ2n) is 5.25. The molecule has 0 bridgehead atoms. The predicted octanol–water partition coefficient (Wildman–Crippen LogP) is 1.96. The van der Waals surface area contributed by atoms with Crippen LogP contribution in [-0.2, 0) is 9.47 Å². The summed E-state index contributed by atoms with van der Waals surface area (Å²) in [5.74, 6) is 0.875. The molecule has 1 atom stereocenters. The summed E-state index contributed by atoms with van der Waals surface area (Å²) in [4.78, 5) is 0. The zero-order valence-electron chi connectivity index (χ0n) is 10.5. The Balaban J connectivity index is 1.78. The highest BCUT2D eigenvalue weighted by atomic mass is 16.5. The third-order valence-electron chi connectivity index (χ3n) is 4.04. The molecule has 0 aromatic rings. The lowest BCUT2D eigenvalue weighted by molar-refractivity contribution is -0.147.